The standard InChI is InChI=1S/C18H15BrF3NO/c1-24-12-8-6-11(7-9-12)16-13-4-2-3-5-15(13)23-17(16)14(10-19)18(20,21)22/h2-9,14,23H,10H2,1H3. The largest absolute Gasteiger partial charge is 0.497 e. The first-order chi connectivity index (χ1) is 11.5. The second-order valence-corrected chi connectivity index (χ2v) is 6.08. The highest BCUT2D eigenvalue weighted by molar-refractivity contribution is 9.09. The number of para-hydroxylation sites is 1. The minimum Gasteiger partial charge on any atom is -0.497 e. The quantitative estimate of drug-likeness (QED) is 0.545. The Balaban J connectivity index is 2.25. The summed E-state index contributed by atoms with van der Waals surface area (Å²) in [7, 11) is 1.55. The second-order valence-electron chi connectivity index (χ2n) is 5.44. The van der Waals surface area contributed by atoms with Crippen LogP contribution in [0.15, 0.2) is 48.5 Å². The van der Waals surface area contributed by atoms with Gasteiger partial charge in [0.2, 0.25) is 0 Å². The Labute approximate surface area is 145 Å². The zero-order valence-electron chi connectivity index (χ0n) is 12.8. The van der Waals surface area contributed by atoms with Crippen molar-refractivity contribution in [2.75, 3.05) is 12.4 Å². The van der Waals surface area contributed by atoms with Crippen molar-refractivity contribution in [3.63, 3.8) is 0 Å². The lowest BCUT2D eigenvalue weighted by atomic mass is 9.95. The fourth-order valence-corrected chi connectivity index (χ4v) is 3.51. The number of hydrogen-bond donors (Lipinski definition) is 1. The maximum atomic E-state index is 13.5. The van der Waals surface area contributed by atoms with E-state index in [1.807, 2.05) is 12.1 Å². The van der Waals surface area contributed by atoms with Crippen molar-refractivity contribution in [2.24, 2.45) is 0 Å². The van der Waals surface area contributed by atoms with Crippen LogP contribution in [0, 0.1) is 0 Å². The van der Waals surface area contributed by atoms with E-state index >= 15 is 0 Å². The van der Waals surface area contributed by atoms with Crippen molar-refractivity contribution in [1.82, 2.24) is 4.98 Å². The molecule has 2 aromatic carbocycles. The highest BCUT2D eigenvalue weighted by Crippen LogP contribution is 2.43. The van der Waals surface area contributed by atoms with Crippen LogP contribution in [0.25, 0.3) is 22.0 Å². The van der Waals surface area contributed by atoms with E-state index in [4.69, 9.17) is 4.74 Å². The third-order valence-corrected chi connectivity index (χ3v) is 4.66. The van der Waals surface area contributed by atoms with E-state index in [0.717, 1.165) is 10.9 Å². The molecule has 2 nitrogen and oxygen atoms in total. The van der Waals surface area contributed by atoms with Crippen LogP contribution in [0.2, 0.25) is 0 Å². The zero-order valence-corrected chi connectivity index (χ0v) is 14.4. The summed E-state index contributed by atoms with van der Waals surface area (Å²) >= 11 is 3.02. The molecule has 3 rings (SSSR count). The van der Waals surface area contributed by atoms with E-state index in [1.165, 1.54) is 0 Å². The molecule has 24 heavy (non-hydrogen) atoms. The van der Waals surface area contributed by atoms with Crippen molar-refractivity contribution in [1.29, 1.82) is 0 Å². The third kappa shape index (κ3) is 3.02. The van der Waals surface area contributed by atoms with Crippen molar-refractivity contribution >= 4 is 26.8 Å². The minimum atomic E-state index is -4.34. The smallest absolute Gasteiger partial charge is 0.397 e. The number of nitrogens with one attached hydrogen (secondary N) is 1. The van der Waals surface area contributed by atoms with E-state index < -0.39 is 12.1 Å². The van der Waals surface area contributed by atoms with Crippen molar-refractivity contribution < 1.29 is 17.9 Å². The number of ether oxygens (including phenoxy) is 1. The molecule has 0 aliphatic heterocycles. The van der Waals surface area contributed by atoms with E-state index in [9.17, 15) is 13.2 Å². The lowest BCUT2D eigenvalue weighted by Gasteiger charge is -2.19. The summed E-state index contributed by atoms with van der Waals surface area (Å²) in [6.45, 7) is 0. The zero-order chi connectivity index (χ0) is 17.3. The molecule has 0 radical (unpaired) electrons. The average molecular weight is 398 g/mol. The maximum absolute atomic E-state index is 13.5. The van der Waals surface area contributed by atoms with Crippen LogP contribution in [0.5, 0.6) is 5.75 Å². The topological polar surface area (TPSA) is 25.0 Å². The summed E-state index contributed by atoms with van der Waals surface area (Å²) in [5.41, 5.74) is 2.16. The first-order valence-corrected chi connectivity index (χ1v) is 8.45. The maximum Gasteiger partial charge on any atom is 0.397 e. The Bertz CT molecular complexity index is 840. The number of halogens is 4. The molecule has 1 aromatic heterocycles. The summed E-state index contributed by atoms with van der Waals surface area (Å²) in [6, 6.07) is 14.3. The molecule has 0 fully saturated rings. The number of methoxy groups -OCH3 is 1. The molecular formula is C18H15BrF3NO. The van der Waals surface area contributed by atoms with Gasteiger partial charge >= 0.3 is 6.18 Å². The highest BCUT2D eigenvalue weighted by atomic mass is 79.9. The number of fused-ring (bicyclic) bond motifs is 1. The number of aromatic nitrogens is 1. The first-order valence-electron chi connectivity index (χ1n) is 7.33. The van der Waals surface area contributed by atoms with Gasteiger partial charge in [0.25, 0.3) is 0 Å². The van der Waals surface area contributed by atoms with Gasteiger partial charge in [-0.1, -0.05) is 46.3 Å². The molecule has 3 aromatic rings. The summed E-state index contributed by atoms with van der Waals surface area (Å²) in [4.78, 5) is 2.97. The summed E-state index contributed by atoms with van der Waals surface area (Å²) in [5.74, 6) is -0.949. The third-order valence-electron chi connectivity index (χ3n) is 4.01. The number of rotatable bonds is 4. The van der Waals surface area contributed by atoms with Gasteiger partial charge < -0.3 is 9.72 Å². The molecule has 0 aliphatic rings. The molecule has 0 aliphatic carbocycles. The molecule has 0 bridgehead atoms. The van der Waals surface area contributed by atoms with E-state index in [0.29, 0.717) is 16.8 Å². The van der Waals surface area contributed by atoms with Crippen molar-refractivity contribution in [2.45, 2.75) is 12.1 Å². The number of H-pyrrole nitrogens is 1. The van der Waals surface area contributed by atoms with E-state index in [1.54, 1.807) is 43.5 Å². The van der Waals surface area contributed by atoms with Gasteiger partial charge in [0.15, 0.2) is 0 Å². The van der Waals surface area contributed by atoms with Crippen LogP contribution in [-0.4, -0.2) is 23.6 Å². The molecule has 1 atom stereocenters. The van der Waals surface area contributed by atoms with Crippen molar-refractivity contribution in [3.05, 3.63) is 54.2 Å². The van der Waals surface area contributed by atoms with Gasteiger partial charge in [-0.15, -0.1) is 0 Å². The van der Waals surface area contributed by atoms with E-state index in [2.05, 4.69) is 20.9 Å². The molecule has 6 heteroatoms. The van der Waals surface area contributed by atoms with Gasteiger partial charge in [-0.05, 0) is 23.8 Å². The van der Waals surface area contributed by atoms with Gasteiger partial charge in [-0.2, -0.15) is 13.2 Å². The van der Waals surface area contributed by atoms with Gasteiger partial charge in [0.1, 0.15) is 11.7 Å². The lowest BCUT2D eigenvalue weighted by Crippen LogP contribution is -2.23. The number of aromatic amines is 1. The van der Waals surface area contributed by atoms with Gasteiger partial charge in [-0.25, -0.2) is 0 Å². The normalized spacial score (nSPS) is 13.2. The van der Waals surface area contributed by atoms with Gasteiger partial charge in [0, 0.05) is 27.5 Å². The molecule has 1 unspecified atom stereocenters. The van der Waals surface area contributed by atoms with Crippen LogP contribution in [0.3, 0.4) is 0 Å². The Morgan fingerprint density at radius 1 is 1.08 bits per heavy atom. The average Bonchev–Trinajstić information content (AvgIpc) is 2.93. The predicted octanol–water partition coefficient (Wildman–Crippen LogP) is 5.88. The Hall–Kier alpha value is -1.95. The number of hydrogen-bond acceptors (Lipinski definition) is 1. The monoisotopic (exact) mass is 397 g/mol. The molecule has 1 heterocycles. The Morgan fingerprint density at radius 2 is 1.75 bits per heavy atom. The summed E-state index contributed by atoms with van der Waals surface area (Å²) in [6.07, 6.45) is -4.34. The summed E-state index contributed by atoms with van der Waals surface area (Å²) < 4.78 is 45.6. The highest BCUT2D eigenvalue weighted by Gasteiger charge is 2.42. The molecule has 0 saturated heterocycles. The molecule has 0 amide bonds. The minimum absolute atomic E-state index is 0.172. The Kier molecular flexibility index (Phi) is 4.58. The van der Waals surface area contributed by atoms with Crippen LogP contribution >= 0.6 is 15.9 Å². The molecule has 0 spiro atoms. The fourth-order valence-electron chi connectivity index (χ4n) is 2.82. The second kappa shape index (κ2) is 6.51. The van der Waals surface area contributed by atoms with Crippen LogP contribution < -0.4 is 4.74 Å². The lowest BCUT2D eigenvalue weighted by molar-refractivity contribution is -0.145. The van der Waals surface area contributed by atoms with Crippen LogP contribution in [0.1, 0.15) is 11.6 Å². The number of alkyl halides is 4. The van der Waals surface area contributed by atoms with Gasteiger partial charge in [-0.3, -0.25) is 0 Å². The predicted molar refractivity (Wildman–Crippen MR) is 92.9 cm³/mol. The SMILES string of the molecule is COc1ccc(-c2c(C(CBr)C(F)(F)F)[nH]c3ccccc23)cc1. The molecule has 0 saturated carbocycles. The molecular weight excluding hydrogens is 383 g/mol. The Morgan fingerprint density at radius 3 is 2.33 bits per heavy atom. The van der Waals surface area contributed by atoms with Crippen LogP contribution in [0.4, 0.5) is 13.2 Å². The first kappa shape index (κ1) is 16.9. The summed E-state index contributed by atoms with van der Waals surface area (Å²) in [5, 5.41) is 0.569. The van der Waals surface area contributed by atoms with Crippen molar-refractivity contribution in [3.8, 4) is 16.9 Å². The van der Waals surface area contributed by atoms with Gasteiger partial charge in [0.05, 0.1) is 7.11 Å². The fraction of sp³-hybridized carbons (Fsp3) is 0.222. The van der Waals surface area contributed by atoms with E-state index in [-0.39, 0.29) is 11.0 Å². The molecule has 126 valence electrons. The van der Waals surface area contributed by atoms with Crippen LogP contribution in [-0.2, 0) is 0 Å². The molecule has 1 N–H and O–H groups in total. The number of benzene rings is 2.